The molecule has 1 N–H and O–H groups in total. The highest BCUT2D eigenvalue weighted by Crippen LogP contribution is 2.29. The number of aromatic nitrogens is 2. The van der Waals surface area contributed by atoms with E-state index < -0.39 is 0 Å². The average Bonchev–Trinajstić information content (AvgIpc) is 2.87. The summed E-state index contributed by atoms with van der Waals surface area (Å²) in [6.07, 6.45) is 4.12. The molecule has 1 aliphatic heterocycles. The van der Waals surface area contributed by atoms with Crippen LogP contribution in [0.4, 0.5) is 5.82 Å². The van der Waals surface area contributed by atoms with Crippen LogP contribution in [0.3, 0.4) is 0 Å². The molecular formula is C16H21N3. The molecule has 2 aromatic rings. The van der Waals surface area contributed by atoms with Gasteiger partial charge < -0.3 is 5.32 Å². The molecule has 2 heterocycles. The van der Waals surface area contributed by atoms with Crippen LogP contribution in [0.2, 0.25) is 0 Å². The summed E-state index contributed by atoms with van der Waals surface area (Å²) in [6, 6.07) is 11.5. The summed E-state index contributed by atoms with van der Waals surface area (Å²) >= 11 is 0. The Morgan fingerprint density at radius 1 is 1.26 bits per heavy atom. The first-order valence-electron chi connectivity index (χ1n) is 7.10. The van der Waals surface area contributed by atoms with E-state index in [1.165, 1.54) is 11.1 Å². The molecule has 3 rings (SSSR count). The minimum Gasteiger partial charge on any atom is -0.370 e. The molecule has 0 radical (unpaired) electrons. The Morgan fingerprint density at radius 2 is 2.05 bits per heavy atom. The van der Waals surface area contributed by atoms with E-state index >= 15 is 0 Å². The van der Waals surface area contributed by atoms with Crippen molar-refractivity contribution < 1.29 is 0 Å². The fraction of sp³-hybridized carbons (Fsp3) is 0.438. The molecule has 3 nitrogen and oxygen atoms in total. The highest BCUT2D eigenvalue weighted by molar-refractivity contribution is 5.39. The zero-order chi connectivity index (χ0) is 13.2. The van der Waals surface area contributed by atoms with Crippen LogP contribution in [0.5, 0.6) is 0 Å². The van der Waals surface area contributed by atoms with Crippen LogP contribution in [0, 0.1) is 5.92 Å². The molecule has 0 spiro atoms. The van der Waals surface area contributed by atoms with Crippen LogP contribution in [-0.4, -0.2) is 16.3 Å². The molecule has 19 heavy (non-hydrogen) atoms. The molecular weight excluding hydrogens is 234 g/mol. The van der Waals surface area contributed by atoms with Gasteiger partial charge in [-0.1, -0.05) is 38.1 Å². The Labute approximate surface area is 114 Å². The third-order valence-electron chi connectivity index (χ3n) is 3.70. The lowest BCUT2D eigenvalue weighted by Gasteiger charge is -2.26. The van der Waals surface area contributed by atoms with Crippen LogP contribution >= 0.6 is 0 Å². The van der Waals surface area contributed by atoms with E-state index in [4.69, 9.17) is 0 Å². The molecule has 1 unspecified atom stereocenters. The van der Waals surface area contributed by atoms with E-state index in [0.29, 0.717) is 12.0 Å². The Morgan fingerprint density at radius 3 is 2.79 bits per heavy atom. The van der Waals surface area contributed by atoms with Gasteiger partial charge in [0.05, 0.1) is 12.2 Å². The van der Waals surface area contributed by atoms with Crippen LogP contribution < -0.4 is 5.32 Å². The van der Waals surface area contributed by atoms with Crippen molar-refractivity contribution in [1.29, 1.82) is 0 Å². The molecule has 1 aromatic heterocycles. The highest BCUT2D eigenvalue weighted by Gasteiger charge is 2.21. The molecule has 1 atom stereocenters. The van der Waals surface area contributed by atoms with E-state index in [2.05, 4.69) is 53.2 Å². The quantitative estimate of drug-likeness (QED) is 0.910. The third kappa shape index (κ3) is 2.50. The molecule has 0 bridgehead atoms. The Balaban J connectivity index is 1.84. The molecule has 0 amide bonds. The Hall–Kier alpha value is -1.77. The van der Waals surface area contributed by atoms with E-state index in [0.717, 1.165) is 25.2 Å². The topological polar surface area (TPSA) is 29.9 Å². The van der Waals surface area contributed by atoms with Gasteiger partial charge in [-0.2, -0.15) is 5.10 Å². The lowest BCUT2D eigenvalue weighted by molar-refractivity contribution is 0.482. The van der Waals surface area contributed by atoms with Gasteiger partial charge in [-0.3, -0.25) is 0 Å². The maximum absolute atomic E-state index is 4.44. The fourth-order valence-corrected chi connectivity index (χ4v) is 2.82. The van der Waals surface area contributed by atoms with Crippen molar-refractivity contribution in [3.05, 3.63) is 47.7 Å². The number of nitrogens with one attached hydrogen (secondary N) is 1. The van der Waals surface area contributed by atoms with Crippen LogP contribution in [0.25, 0.3) is 0 Å². The zero-order valence-corrected chi connectivity index (χ0v) is 11.6. The summed E-state index contributed by atoms with van der Waals surface area (Å²) in [5, 5.41) is 7.82. The van der Waals surface area contributed by atoms with E-state index in [1.54, 1.807) is 0 Å². The maximum atomic E-state index is 4.44. The zero-order valence-electron chi connectivity index (χ0n) is 11.6. The lowest BCUT2D eigenvalue weighted by atomic mass is 9.97. The van der Waals surface area contributed by atoms with Crippen molar-refractivity contribution in [3.8, 4) is 0 Å². The molecule has 3 heteroatoms. The molecule has 0 fully saturated rings. The summed E-state index contributed by atoms with van der Waals surface area (Å²) in [4.78, 5) is 0. The van der Waals surface area contributed by atoms with Crippen LogP contribution in [-0.2, 0) is 6.42 Å². The van der Waals surface area contributed by atoms with Crippen LogP contribution in [0.15, 0.2) is 36.5 Å². The first-order valence-corrected chi connectivity index (χ1v) is 7.10. The number of nitrogens with zero attached hydrogens (tertiary/aromatic N) is 2. The number of hydrogen-bond donors (Lipinski definition) is 1. The molecule has 100 valence electrons. The van der Waals surface area contributed by atoms with Gasteiger partial charge in [-0.15, -0.1) is 0 Å². The van der Waals surface area contributed by atoms with Crippen molar-refractivity contribution >= 4 is 5.82 Å². The first kappa shape index (κ1) is 12.3. The van der Waals surface area contributed by atoms with Crippen molar-refractivity contribution in [2.45, 2.75) is 32.7 Å². The predicted molar refractivity (Wildman–Crippen MR) is 78.5 cm³/mol. The third-order valence-corrected chi connectivity index (χ3v) is 3.70. The summed E-state index contributed by atoms with van der Waals surface area (Å²) in [7, 11) is 0. The van der Waals surface area contributed by atoms with Gasteiger partial charge >= 0.3 is 0 Å². The predicted octanol–water partition coefficient (Wildman–Crippen LogP) is 3.49. The lowest BCUT2D eigenvalue weighted by Crippen LogP contribution is -2.24. The molecule has 1 aromatic carbocycles. The second-order valence-electron chi connectivity index (χ2n) is 5.73. The largest absolute Gasteiger partial charge is 0.370 e. The van der Waals surface area contributed by atoms with Gasteiger partial charge in [0.2, 0.25) is 0 Å². The molecule has 0 aliphatic carbocycles. The monoisotopic (exact) mass is 255 g/mol. The van der Waals surface area contributed by atoms with Gasteiger partial charge in [-0.25, -0.2) is 4.68 Å². The number of anilines is 1. The molecule has 0 saturated heterocycles. The Kier molecular flexibility index (Phi) is 3.28. The van der Waals surface area contributed by atoms with Crippen molar-refractivity contribution in [2.24, 2.45) is 5.92 Å². The first-order chi connectivity index (χ1) is 9.24. The summed E-state index contributed by atoms with van der Waals surface area (Å²) in [5.41, 5.74) is 2.78. The van der Waals surface area contributed by atoms with Gasteiger partial charge in [0, 0.05) is 12.6 Å². The molecule has 1 aliphatic rings. The summed E-state index contributed by atoms with van der Waals surface area (Å²) in [5.74, 6) is 1.84. The standard InChI is InChI=1S/C16H21N3/c1-12(2)11-13-3-5-14(6-4-13)15-7-9-17-16-8-10-18-19(15)16/h3-6,8,10,12,15,17H,7,9,11H2,1-2H3. The minimum absolute atomic E-state index is 0.374. The SMILES string of the molecule is CC(C)Cc1ccc(C2CCNc3ccnn32)cc1. The van der Waals surface area contributed by atoms with Crippen molar-refractivity contribution in [2.75, 3.05) is 11.9 Å². The van der Waals surface area contributed by atoms with Gasteiger partial charge in [0.15, 0.2) is 0 Å². The van der Waals surface area contributed by atoms with Gasteiger partial charge in [-0.05, 0) is 29.9 Å². The van der Waals surface area contributed by atoms with E-state index in [1.807, 2.05) is 12.3 Å². The van der Waals surface area contributed by atoms with E-state index in [9.17, 15) is 0 Å². The van der Waals surface area contributed by atoms with E-state index in [-0.39, 0.29) is 0 Å². The smallest absolute Gasteiger partial charge is 0.124 e. The Bertz CT molecular complexity index is 539. The van der Waals surface area contributed by atoms with Gasteiger partial charge in [0.1, 0.15) is 5.82 Å². The number of rotatable bonds is 3. The second-order valence-corrected chi connectivity index (χ2v) is 5.73. The summed E-state index contributed by atoms with van der Waals surface area (Å²) in [6.45, 7) is 5.54. The normalized spacial score (nSPS) is 18.2. The van der Waals surface area contributed by atoms with Crippen LogP contribution in [0.1, 0.15) is 37.4 Å². The number of fused-ring (bicyclic) bond motifs is 1. The summed E-state index contributed by atoms with van der Waals surface area (Å²) < 4.78 is 2.10. The van der Waals surface area contributed by atoms with Gasteiger partial charge in [0.25, 0.3) is 0 Å². The number of hydrogen-bond acceptors (Lipinski definition) is 2. The average molecular weight is 255 g/mol. The number of benzene rings is 1. The van der Waals surface area contributed by atoms with Crippen molar-refractivity contribution in [3.63, 3.8) is 0 Å². The minimum atomic E-state index is 0.374. The van der Waals surface area contributed by atoms with Crippen molar-refractivity contribution in [1.82, 2.24) is 9.78 Å². The maximum Gasteiger partial charge on any atom is 0.124 e. The highest BCUT2D eigenvalue weighted by atomic mass is 15.4. The molecule has 0 saturated carbocycles. The second kappa shape index (κ2) is 5.08. The fourth-order valence-electron chi connectivity index (χ4n) is 2.82.